The van der Waals surface area contributed by atoms with Crippen molar-refractivity contribution in [2.24, 2.45) is 0 Å². The molecule has 27 heavy (non-hydrogen) atoms. The first-order chi connectivity index (χ1) is 13.1. The summed E-state index contributed by atoms with van der Waals surface area (Å²) in [6, 6.07) is 9.61. The van der Waals surface area contributed by atoms with Crippen LogP contribution in [0.25, 0.3) is 0 Å². The Bertz CT molecular complexity index is 831. The molecular weight excluding hydrogens is 372 g/mol. The highest BCUT2D eigenvalue weighted by atomic mass is 35.5. The largest absolute Gasteiger partial charge is 0.494 e. The Hall–Kier alpha value is -2.73. The number of carbonyl (C=O) groups is 2. The number of ether oxygens (including phenoxy) is 4. The van der Waals surface area contributed by atoms with Gasteiger partial charge in [0.15, 0.2) is 23.9 Å². The maximum Gasteiger partial charge on any atom is 0.338 e. The highest BCUT2D eigenvalue weighted by molar-refractivity contribution is 6.32. The number of Topliss-reactive ketones (excluding diaryl/α,β-unsaturated/α-hetero) is 1. The second-order valence-corrected chi connectivity index (χ2v) is 6.20. The van der Waals surface area contributed by atoms with Crippen molar-refractivity contribution in [3.8, 4) is 17.2 Å². The predicted molar refractivity (Wildman–Crippen MR) is 99.3 cm³/mol. The van der Waals surface area contributed by atoms with Crippen LogP contribution in [-0.4, -0.2) is 38.2 Å². The molecule has 0 saturated carbocycles. The lowest BCUT2D eigenvalue weighted by atomic mass is 10.1. The number of benzene rings is 2. The molecule has 7 heteroatoms. The van der Waals surface area contributed by atoms with Gasteiger partial charge in [-0.15, -0.1) is 0 Å². The van der Waals surface area contributed by atoms with Crippen LogP contribution in [0, 0.1) is 0 Å². The van der Waals surface area contributed by atoms with Crippen molar-refractivity contribution < 1.29 is 28.5 Å². The van der Waals surface area contributed by atoms with E-state index in [9.17, 15) is 9.59 Å². The van der Waals surface area contributed by atoms with Crippen molar-refractivity contribution in [1.82, 2.24) is 0 Å². The summed E-state index contributed by atoms with van der Waals surface area (Å²) in [6.45, 7) is 3.01. The molecule has 0 atom stereocenters. The van der Waals surface area contributed by atoms with Gasteiger partial charge in [0, 0.05) is 12.0 Å². The van der Waals surface area contributed by atoms with Gasteiger partial charge in [-0.25, -0.2) is 4.79 Å². The van der Waals surface area contributed by atoms with Crippen LogP contribution in [0.1, 0.15) is 34.1 Å². The molecule has 0 fully saturated rings. The van der Waals surface area contributed by atoms with Gasteiger partial charge in [-0.1, -0.05) is 11.6 Å². The van der Waals surface area contributed by atoms with Gasteiger partial charge in [0.05, 0.1) is 30.4 Å². The molecule has 1 heterocycles. The summed E-state index contributed by atoms with van der Waals surface area (Å²) in [5, 5.41) is 0.263. The zero-order valence-corrected chi connectivity index (χ0v) is 15.6. The summed E-state index contributed by atoms with van der Waals surface area (Å²) in [6.07, 6.45) is 0.724. The molecule has 1 aliphatic heterocycles. The Morgan fingerprint density at radius 1 is 1.07 bits per heavy atom. The molecule has 1 aliphatic rings. The molecule has 0 aromatic heterocycles. The topological polar surface area (TPSA) is 71.1 Å². The zero-order chi connectivity index (χ0) is 19.2. The molecule has 0 spiro atoms. The van der Waals surface area contributed by atoms with Crippen molar-refractivity contribution in [2.45, 2.75) is 13.3 Å². The number of fused-ring (bicyclic) bond motifs is 1. The van der Waals surface area contributed by atoms with Crippen molar-refractivity contribution in [1.29, 1.82) is 0 Å². The SMILES string of the molecule is CCOc1ccc(C(=O)COC(=O)c2cc(Cl)c3c(c2)OCCCO3)cc1. The normalized spacial score (nSPS) is 12.8. The van der Waals surface area contributed by atoms with E-state index in [2.05, 4.69) is 0 Å². The molecule has 0 aliphatic carbocycles. The summed E-state index contributed by atoms with van der Waals surface area (Å²) < 4.78 is 21.5. The Morgan fingerprint density at radius 2 is 1.81 bits per heavy atom. The van der Waals surface area contributed by atoms with Crippen molar-refractivity contribution in [3.63, 3.8) is 0 Å². The Labute approximate surface area is 161 Å². The molecular formula is C20H19ClO6. The first kappa shape index (κ1) is 19.0. The molecule has 0 N–H and O–H groups in total. The second-order valence-electron chi connectivity index (χ2n) is 5.79. The van der Waals surface area contributed by atoms with E-state index in [1.807, 2.05) is 6.92 Å². The lowest BCUT2D eigenvalue weighted by Crippen LogP contribution is -2.14. The van der Waals surface area contributed by atoms with Crippen molar-refractivity contribution in [3.05, 3.63) is 52.5 Å². The van der Waals surface area contributed by atoms with Gasteiger partial charge in [0.1, 0.15) is 5.75 Å². The molecule has 142 valence electrons. The first-order valence-corrected chi connectivity index (χ1v) is 8.98. The van der Waals surface area contributed by atoms with E-state index in [-0.39, 0.29) is 23.0 Å². The van der Waals surface area contributed by atoms with E-state index in [0.717, 1.165) is 6.42 Å². The smallest absolute Gasteiger partial charge is 0.338 e. The van der Waals surface area contributed by atoms with Crippen LogP contribution in [0.4, 0.5) is 0 Å². The number of hydrogen-bond acceptors (Lipinski definition) is 6. The third-order valence-corrected chi connectivity index (χ3v) is 4.14. The Kier molecular flexibility index (Phi) is 6.19. The molecule has 2 aromatic carbocycles. The Morgan fingerprint density at radius 3 is 2.56 bits per heavy atom. The fourth-order valence-corrected chi connectivity index (χ4v) is 2.82. The number of ketones is 1. The van der Waals surface area contributed by atoms with Crippen molar-refractivity contribution in [2.75, 3.05) is 26.4 Å². The van der Waals surface area contributed by atoms with Gasteiger partial charge >= 0.3 is 5.97 Å². The molecule has 6 nitrogen and oxygen atoms in total. The van der Waals surface area contributed by atoms with Crippen LogP contribution >= 0.6 is 11.6 Å². The fourth-order valence-electron chi connectivity index (χ4n) is 2.55. The molecule has 0 amide bonds. The van der Waals surface area contributed by atoms with E-state index in [0.29, 0.717) is 42.6 Å². The van der Waals surface area contributed by atoms with E-state index >= 15 is 0 Å². The number of esters is 1. The minimum Gasteiger partial charge on any atom is -0.494 e. The predicted octanol–water partition coefficient (Wildman–Crippen LogP) is 3.94. The van der Waals surface area contributed by atoms with Gasteiger partial charge < -0.3 is 18.9 Å². The summed E-state index contributed by atoms with van der Waals surface area (Å²) >= 11 is 6.17. The zero-order valence-electron chi connectivity index (χ0n) is 14.8. The van der Waals surface area contributed by atoms with Gasteiger partial charge in [0.2, 0.25) is 0 Å². The van der Waals surface area contributed by atoms with E-state index in [1.165, 1.54) is 12.1 Å². The molecule has 2 aromatic rings. The second kappa shape index (κ2) is 8.77. The lowest BCUT2D eigenvalue weighted by molar-refractivity contribution is 0.0474. The van der Waals surface area contributed by atoms with E-state index in [4.69, 9.17) is 30.5 Å². The Balaban J connectivity index is 1.64. The van der Waals surface area contributed by atoms with Gasteiger partial charge in [-0.2, -0.15) is 0 Å². The van der Waals surface area contributed by atoms with E-state index < -0.39 is 5.97 Å². The van der Waals surface area contributed by atoms with Crippen LogP contribution in [0.2, 0.25) is 5.02 Å². The molecule has 0 bridgehead atoms. The van der Waals surface area contributed by atoms with Gasteiger partial charge in [-0.3, -0.25) is 4.79 Å². The standard InChI is InChI=1S/C20H19ClO6/c1-2-24-15-6-4-13(5-7-15)17(22)12-27-20(23)14-10-16(21)19-18(11-14)25-8-3-9-26-19/h4-7,10-11H,2-3,8-9,12H2,1H3. The minimum absolute atomic E-state index is 0.198. The summed E-state index contributed by atoms with van der Waals surface area (Å²) in [7, 11) is 0. The number of hydrogen-bond donors (Lipinski definition) is 0. The fraction of sp³-hybridized carbons (Fsp3) is 0.300. The number of carbonyl (C=O) groups excluding carboxylic acids is 2. The number of halogens is 1. The van der Waals surface area contributed by atoms with Crippen LogP contribution < -0.4 is 14.2 Å². The first-order valence-electron chi connectivity index (χ1n) is 8.61. The van der Waals surface area contributed by atoms with Crippen LogP contribution in [0.5, 0.6) is 17.2 Å². The minimum atomic E-state index is -0.660. The van der Waals surface area contributed by atoms with Gasteiger partial charge in [-0.05, 0) is 43.3 Å². The molecule has 0 radical (unpaired) electrons. The number of rotatable bonds is 6. The lowest BCUT2D eigenvalue weighted by Gasteiger charge is -2.11. The van der Waals surface area contributed by atoms with Crippen LogP contribution in [-0.2, 0) is 4.74 Å². The van der Waals surface area contributed by atoms with Crippen LogP contribution in [0.15, 0.2) is 36.4 Å². The molecule has 0 saturated heterocycles. The molecule has 0 unspecified atom stereocenters. The average molecular weight is 391 g/mol. The quantitative estimate of drug-likeness (QED) is 0.549. The maximum atomic E-state index is 12.3. The molecule has 3 rings (SSSR count). The van der Waals surface area contributed by atoms with Crippen LogP contribution in [0.3, 0.4) is 0 Å². The summed E-state index contributed by atoms with van der Waals surface area (Å²) in [5.41, 5.74) is 0.631. The summed E-state index contributed by atoms with van der Waals surface area (Å²) in [5.74, 6) is 0.507. The average Bonchev–Trinajstić information content (AvgIpc) is 2.92. The highest BCUT2D eigenvalue weighted by Crippen LogP contribution is 2.38. The third kappa shape index (κ3) is 4.71. The van der Waals surface area contributed by atoms with Crippen molar-refractivity contribution >= 4 is 23.4 Å². The highest BCUT2D eigenvalue weighted by Gasteiger charge is 2.20. The third-order valence-electron chi connectivity index (χ3n) is 3.86. The monoisotopic (exact) mass is 390 g/mol. The van der Waals surface area contributed by atoms with E-state index in [1.54, 1.807) is 24.3 Å². The van der Waals surface area contributed by atoms with Gasteiger partial charge in [0.25, 0.3) is 0 Å². The maximum absolute atomic E-state index is 12.3. The summed E-state index contributed by atoms with van der Waals surface area (Å²) in [4.78, 5) is 24.5.